The molecule has 0 aliphatic rings. The Bertz CT molecular complexity index is 4800. The van der Waals surface area contributed by atoms with Gasteiger partial charge in [0.25, 0.3) is 17.7 Å². The summed E-state index contributed by atoms with van der Waals surface area (Å²) in [4.78, 5) is 77.2. The van der Waals surface area contributed by atoms with Gasteiger partial charge in [0.1, 0.15) is 70.1 Å². The van der Waals surface area contributed by atoms with E-state index < -0.39 is 79.3 Å². The van der Waals surface area contributed by atoms with Gasteiger partial charge in [0.15, 0.2) is 24.5 Å². The molecule has 4 heterocycles. The predicted molar refractivity (Wildman–Crippen MR) is 390 cm³/mol. The van der Waals surface area contributed by atoms with Crippen LogP contribution in [0.2, 0.25) is 5.02 Å². The molecule has 0 spiro atoms. The third-order valence-corrected chi connectivity index (χ3v) is 16.9. The van der Waals surface area contributed by atoms with Gasteiger partial charge in [-0.3, -0.25) is 24.4 Å². The van der Waals surface area contributed by atoms with Crippen molar-refractivity contribution in [3.8, 4) is 75.0 Å². The van der Waals surface area contributed by atoms with Crippen molar-refractivity contribution in [1.29, 1.82) is 0 Å². The molecule has 4 amide bonds. The van der Waals surface area contributed by atoms with E-state index in [4.69, 9.17) is 69.4 Å². The van der Waals surface area contributed by atoms with Crippen molar-refractivity contribution >= 4 is 40.9 Å². The van der Waals surface area contributed by atoms with Crippen LogP contribution in [0.15, 0.2) is 243 Å². The number of rotatable bonds is 34. The van der Waals surface area contributed by atoms with Crippen molar-refractivity contribution in [1.82, 2.24) is 34.6 Å². The predicted octanol–water partition coefficient (Wildman–Crippen LogP) is 15.2. The number of alkyl halides is 3. The lowest BCUT2D eigenvalue weighted by atomic mass is 9.98. The first-order chi connectivity index (χ1) is 52.6. The highest BCUT2D eigenvalue weighted by molar-refractivity contribution is 6.30. The molecule has 28 heteroatoms. The zero-order valence-electron chi connectivity index (χ0n) is 58.5. The minimum Gasteiger partial charge on any atom is -0.497 e. The number of nitrogens with one attached hydrogen (secondary N) is 1. The molecule has 4 aromatic heterocycles. The van der Waals surface area contributed by atoms with Crippen LogP contribution in [0.5, 0.6) is 75.0 Å². The highest BCUT2D eigenvalue weighted by Crippen LogP contribution is 2.46. The Balaban J connectivity index is 0.000000238. The molecular weight excluding hydrogens is 1420 g/mol. The monoisotopic (exact) mass is 1500 g/mol. The van der Waals surface area contributed by atoms with Crippen LogP contribution < -0.4 is 62.9 Å². The van der Waals surface area contributed by atoms with Crippen LogP contribution >= 0.6 is 11.6 Å². The molecule has 556 valence electrons. The van der Waals surface area contributed by atoms with E-state index in [-0.39, 0.29) is 76.6 Å². The Kier molecular flexibility index (Phi) is 27.5. The lowest BCUT2D eigenvalue weighted by Gasteiger charge is -2.40. The van der Waals surface area contributed by atoms with Crippen molar-refractivity contribution in [2.45, 2.75) is 37.8 Å². The first-order valence-electron chi connectivity index (χ1n) is 33.0. The van der Waals surface area contributed by atoms with Crippen LogP contribution in [0.3, 0.4) is 0 Å². The number of para-hydroxylation sites is 2. The van der Waals surface area contributed by atoms with Gasteiger partial charge in [0.2, 0.25) is 43.8 Å². The standard InChI is InChI=1S/C45H41ClF2N4O9.C35H30F2N4O6/c1-55-33-12-14-34(15-13-33)60-40-19-17-37(57-3)23-31(40)26-52(45(54)42(59-28-48)38-7-5-21-50-44(38)61-35-10-8-32(46)9-11-35)41(29-6-4-20-49-24-29)43(53)51-25-30-22-36(56-2)16-18-39(30)58-27-47;1-44-27-15-16-30(46-23-36)25(19-27)21-41(32(42)22-45-26-10-3-2-4-11-26,33(34(38)43)24-9-7-17-39-20-24)29-13-8-18-40-35(29)47-31-14-6-5-12-28(31)37/h4-24,41-42H,25-28H2,1-3H3,(H,51,53);2-20,33H,21-23H2,1H3,(H-,38,43)/p+1. The molecule has 23 nitrogen and oxygen atoms in total. The van der Waals surface area contributed by atoms with Gasteiger partial charge in [-0.1, -0.05) is 48.0 Å². The average molecular weight is 1500 g/mol. The fourth-order valence-corrected chi connectivity index (χ4v) is 11.7. The smallest absolute Gasteiger partial charge is 0.357 e. The molecule has 0 saturated heterocycles. The van der Waals surface area contributed by atoms with Gasteiger partial charge in [0, 0.05) is 77.1 Å². The molecular formula is C80H72ClF4N8O15+. The first-order valence-corrected chi connectivity index (χ1v) is 33.4. The number of pyridine rings is 4. The van der Waals surface area contributed by atoms with Crippen LogP contribution in [-0.4, -0.2) is 104 Å². The summed E-state index contributed by atoms with van der Waals surface area (Å²) in [6, 6.07) is 51.4. The second kappa shape index (κ2) is 38.2. The summed E-state index contributed by atoms with van der Waals surface area (Å²) in [5.74, 6) is -0.801. The number of carbonyl (C=O) groups is 4. The lowest BCUT2D eigenvalue weighted by Crippen LogP contribution is -2.61. The highest BCUT2D eigenvalue weighted by atomic mass is 35.5. The number of aromatic nitrogens is 4. The van der Waals surface area contributed by atoms with Crippen molar-refractivity contribution in [3.05, 3.63) is 288 Å². The maximum Gasteiger partial charge on any atom is 0.357 e. The zero-order chi connectivity index (χ0) is 76.4. The summed E-state index contributed by atoms with van der Waals surface area (Å²) in [5, 5.41) is 3.33. The number of hydrogen-bond acceptors (Lipinski definition) is 19. The van der Waals surface area contributed by atoms with Gasteiger partial charge in [-0.05, 0) is 164 Å². The quantitative estimate of drug-likeness (QED) is 0.0280. The number of amides is 4. The van der Waals surface area contributed by atoms with E-state index >= 15 is 4.79 Å². The number of quaternary nitrogens is 1. The van der Waals surface area contributed by atoms with Crippen molar-refractivity contribution in [2.75, 3.05) is 55.6 Å². The molecule has 0 radical (unpaired) electrons. The average Bonchev–Trinajstić information content (AvgIpc) is 0.734. The third kappa shape index (κ3) is 19.5. The summed E-state index contributed by atoms with van der Waals surface area (Å²) in [5.41, 5.74) is 7.83. The van der Waals surface area contributed by atoms with E-state index in [9.17, 15) is 31.9 Å². The molecule has 0 bridgehead atoms. The van der Waals surface area contributed by atoms with Crippen molar-refractivity contribution < 1.29 is 88.8 Å². The van der Waals surface area contributed by atoms with E-state index in [2.05, 4.69) is 25.3 Å². The first kappa shape index (κ1) is 77.8. The van der Waals surface area contributed by atoms with Crippen LogP contribution in [0, 0.1) is 5.82 Å². The summed E-state index contributed by atoms with van der Waals surface area (Å²) < 4.78 is 118. The van der Waals surface area contributed by atoms with Gasteiger partial charge < -0.3 is 68.1 Å². The fourth-order valence-electron chi connectivity index (χ4n) is 11.6. The molecule has 108 heavy (non-hydrogen) atoms. The molecule has 0 saturated carbocycles. The molecule has 0 aliphatic heterocycles. The Hall–Kier alpha value is -12.9. The molecule has 11 aromatic rings. The molecule has 4 atom stereocenters. The molecule has 0 fully saturated rings. The Morgan fingerprint density at radius 2 is 1.06 bits per heavy atom. The minimum atomic E-state index is -1.72. The van der Waals surface area contributed by atoms with Gasteiger partial charge in [0.05, 0.1) is 46.1 Å². The zero-order valence-corrected chi connectivity index (χ0v) is 59.3. The van der Waals surface area contributed by atoms with Crippen LogP contribution in [0.1, 0.15) is 51.6 Å². The number of carbonyl (C=O) groups excluding carboxylic acids is 4. The summed E-state index contributed by atoms with van der Waals surface area (Å²) in [6.45, 7) is -5.15. The van der Waals surface area contributed by atoms with E-state index in [1.54, 1.807) is 159 Å². The van der Waals surface area contributed by atoms with Crippen LogP contribution in [0.25, 0.3) is 0 Å². The molecule has 0 aliphatic carbocycles. The maximum atomic E-state index is 15.4. The Labute approximate surface area is 623 Å². The number of ether oxygens (including phenoxy) is 11. The van der Waals surface area contributed by atoms with E-state index in [0.29, 0.717) is 62.1 Å². The second-order valence-electron chi connectivity index (χ2n) is 23.2. The SMILES string of the molecule is COc1ccc(OCF)c(C[N+](C(=O)COc2ccccc2)(c2cccnc2Oc2ccccc2F)C(C(N)=O)c2cccnc2)c1.COc1ccc(Oc2ccc(OC)cc2CN(C(=O)C(OCF)c2cccnc2Oc2ccc(Cl)cc2)C(C(=O)NCc2cc(OC)ccc2OCF)c2cccnc2)cc1. The molecule has 11 rings (SSSR count). The second-order valence-corrected chi connectivity index (χ2v) is 23.6. The number of halogens is 5. The molecule has 3 N–H and O–H groups in total. The number of hydrogen-bond donors (Lipinski definition) is 2. The number of benzene rings is 7. The van der Waals surface area contributed by atoms with Crippen LogP contribution in [0.4, 0.5) is 23.2 Å². The minimum absolute atomic E-state index is 0.0269. The normalized spacial score (nSPS) is 12.2. The van der Waals surface area contributed by atoms with Gasteiger partial charge in [-0.15, -0.1) is 0 Å². The number of nitrogens with two attached hydrogens (primary N) is 1. The van der Waals surface area contributed by atoms with Crippen LogP contribution in [-0.2, 0) is 43.5 Å². The highest BCUT2D eigenvalue weighted by Gasteiger charge is 2.54. The summed E-state index contributed by atoms with van der Waals surface area (Å²) in [7, 11) is 5.93. The largest absolute Gasteiger partial charge is 0.497 e. The maximum absolute atomic E-state index is 15.4. The Morgan fingerprint density at radius 1 is 0.519 bits per heavy atom. The fraction of sp³-hybridized carbons (Fsp3) is 0.175. The topological polar surface area (TPSA) is 263 Å². The third-order valence-electron chi connectivity index (χ3n) is 16.6. The van der Waals surface area contributed by atoms with Crippen molar-refractivity contribution in [2.24, 2.45) is 5.73 Å². The lowest BCUT2D eigenvalue weighted by molar-refractivity contribution is -0.154. The van der Waals surface area contributed by atoms with E-state index in [1.165, 1.54) is 118 Å². The number of primary amides is 1. The summed E-state index contributed by atoms with van der Waals surface area (Å²) >= 11 is 6.10. The molecule has 7 aromatic carbocycles. The number of methoxy groups -OCH3 is 4. The molecule has 4 unspecified atom stereocenters. The summed E-state index contributed by atoms with van der Waals surface area (Å²) in [6.07, 6.45) is 6.97. The van der Waals surface area contributed by atoms with Gasteiger partial charge in [-0.2, -0.15) is 0 Å². The Morgan fingerprint density at radius 3 is 1.68 bits per heavy atom. The van der Waals surface area contributed by atoms with Crippen molar-refractivity contribution in [3.63, 3.8) is 0 Å². The van der Waals surface area contributed by atoms with Gasteiger partial charge >= 0.3 is 5.91 Å². The number of nitrogens with zero attached hydrogens (tertiary/aromatic N) is 6. The van der Waals surface area contributed by atoms with E-state index in [1.807, 2.05) is 0 Å². The van der Waals surface area contributed by atoms with Gasteiger partial charge in [-0.25, -0.2) is 36.8 Å². The van der Waals surface area contributed by atoms with E-state index in [0.717, 1.165) is 0 Å².